The number of nitrogens with zero attached hydrogens (tertiary/aromatic N) is 2. The monoisotopic (exact) mass is 502 g/mol. The van der Waals surface area contributed by atoms with Crippen molar-refractivity contribution in [2.75, 3.05) is 38.2 Å². The Hall–Kier alpha value is -4.16. The molecule has 0 aliphatic carbocycles. The summed E-state index contributed by atoms with van der Waals surface area (Å²) in [6, 6.07) is 13.2. The molecule has 0 saturated carbocycles. The molecule has 37 heavy (non-hydrogen) atoms. The van der Waals surface area contributed by atoms with E-state index in [0.29, 0.717) is 42.2 Å². The van der Waals surface area contributed by atoms with Gasteiger partial charge < -0.3 is 20.3 Å². The third-order valence-electron chi connectivity index (χ3n) is 6.46. The van der Waals surface area contributed by atoms with Crippen LogP contribution in [-0.4, -0.2) is 67.7 Å². The van der Waals surface area contributed by atoms with Gasteiger partial charge in [-0.1, -0.05) is 42.2 Å². The van der Waals surface area contributed by atoms with E-state index in [0.717, 1.165) is 18.7 Å². The molecule has 1 fully saturated rings. The lowest BCUT2D eigenvalue weighted by atomic mass is 10.1. The first-order chi connectivity index (χ1) is 17.8. The second-order valence-electron chi connectivity index (χ2n) is 9.14. The molecule has 1 saturated heterocycles. The number of fused-ring (bicyclic) bond motifs is 1. The van der Waals surface area contributed by atoms with Gasteiger partial charge in [0.25, 0.3) is 5.91 Å². The molecule has 2 atom stereocenters. The van der Waals surface area contributed by atoms with Gasteiger partial charge in [0.15, 0.2) is 0 Å². The van der Waals surface area contributed by atoms with Crippen LogP contribution in [0, 0.1) is 11.8 Å². The number of benzene rings is 2. The van der Waals surface area contributed by atoms with Gasteiger partial charge in [0, 0.05) is 38.5 Å². The predicted octanol–water partition coefficient (Wildman–Crippen LogP) is 1.42. The average molecular weight is 503 g/mol. The smallest absolute Gasteiger partial charge is 0.310 e. The number of Topliss-reactive ketones (excluding diaryl/α,β-unsaturated/α-hetero) is 1. The number of likely N-dealkylation sites (N-methyl/N-ethyl adjacent to an activating group) is 1. The third kappa shape index (κ3) is 6.54. The number of ether oxygens (including phenoxy) is 1. The van der Waals surface area contributed by atoms with E-state index in [1.807, 2.05) is 30.3 Å². The molecular formula is C28H30N4O5. The number of nitrogens with one attached hydrogen (secondary N) is 2. The summed E-state index contributed by atoms with van der Waals surface area (Å²) in [5.41, 5.74) is 2.10. The van der Waals surface area contributed by atoms with Gasteiger partial charge in [-0.05, 0) is 30.7 Å². The largest absolute Gasteiger partial charge is 0.489 e. The number of hydrogen-bond acceptors (Lipinski definition) is 6. The minimum atomic E-state index is -1.03. The number of carbonyl (C=O) groups excluding carboxylic acids is 4. The Kier molecular flexibility index (Phi) is 8.21. The van der Waals surface area contributed by atoms with Crippen molar-refractivity contribution >= 4 is 29.2 Å². The van der Waals surface area contributed by atoms with Crippen LogP contribution in [0.2, 0.25) is 0 Å². The Morgan fingerprint density at radius 3 is 2.54 bits per heavy atom. The average Bonchev–Trinajstić information content (AvgIpc) is 3.02. The van der Waals surface area contributed by atoms with Crippen molar-refractivity contribution in [1.82, 2.24) is 15.5 Å². The molecule has 0 bridgehead atoms. The number of hydrogen-bond donors (Lipinski definition) is 2. The van der Waals surface area contributed by atoms with Gasteiger partial charge in [-0.25, -0.2) is 0 Å². The molecule has 2 heterocycles. The van der Waals surface area contributed by atoms with Crippen molar-refractivity contribution in [3.05, 3.63) is 59.7 Å². The summed E-state index contributed by atoms with van der Waals surface area (Å²) in [6.45, 7) is 3.67. The maximum Gasteiger partial charge on any atom is 0.310 e. The fourth-order valence-corrected chi connectivity index (χ4v) is 4.20. The minimum Gasteiger partial charge on any atom is -0.489 e. The van der Waals surface area contributed by atoms with Crippen LogP contribution in [0.5, 0.6) is 5.75 Å². The molecule has 2 aromatic rings. The summed E-state index contributed by atoms with van der Waals surface area (Å²) in [7, 11) is 1.59. The van der Waals surface area contributed by atoms with E-state index in [9.17, 15) is 19.2 Å². The zero-order valence-corrected chi connectivity index (χ0v) is 21.0. The third-order valence-corrected chi connectivity index (χ3v) is 6.46. The van der Waals surface area contributed by atoms with Crippen molar-refractivity contribution in [3.63, 3.8) is 0 Å². The first-order valence-electron chi connectivity index (χ1n) is 12.3. The van der Waals surface area contributed by atoms with Crippen LogP contribution < -0.4 is 20.3 Å². The van der Waals surface area contributed by atoms with Crippen molar-refractivity contribution in [2.24, 2.45) is 0 Å². The maximum absolute atomic E-state index is 13.1. The fourth-order valence-electron chi connectivity index (χ4n) is 4.20. The first-order valence-corrected chi connectivity index (χ1v) is 12.3. The molecule has 0 radical (unpaired) electrons. The van der Waals surface area contributed by atoms with Crippen molar-refractivity contribution in [1.29, 1.82) is 0 Å². The van der Waals surface area contributed by atoms with E-state index >= 15 is 0 Å². The number of carbonyl (C=O) groups is 4. The maximum atomic E-state index is 13.1. The Morgan fingerprint density at radius 1 is 1.08 bits per heavy atom. The second-order valence-corrected chi connectivity index (χ2v) is 9.14. The Labute approximate surface area is 216 Å². The fraction of sp³-hybridized carbons (Fsp3) is 0.357. The summed E-state index contributed by atoms with van der Waals surface area (Å²) in [5.74, 6) is 4.87. The number of anilines is 1. The molecule has 192 valence electrons. The van der Waals surface area contributed by atoms with E-state index in [4.69, 9.17) is 4.74 Å². The van der Waals surface area contributed by atoms with E-state index in [1.165, 1.54) is 4.90 Å². The van der Waals surface area contributed by atoms with Gasteiger partial charge in [0.1, 0.15) is 24.2 Å². The number of likely N-dealkylation sites (tertiary alicyclic amines) is 1. The number of amides is 3. The number of rotatable bonds is 4. The van der Waals surface area contributed by atoms with Gasteiger partial charge in [0.05, 0.1) is 18.3 Å². The summed E-state index contributed by atoms with van der Waals surface area (Å²) >= 11 is 0. The quantitative estimate of drug-likeness (QED) is 0.484. The lowest BCUT2D eigenvalue weighted by Crippen LogP contribution is -2.53. The Morgan fingerprint density at radius 2 is 1.81 bits per heavy atom. The van der Waals surface area contributed by atoms with Crippen LogP contribution in [-0.2, 0) is 19.2 Å². The van der Waals surface area contributed by atoms with Crippen molar-refractivity contribution < 1.29 is 23.9 Å². The van der Waals surface area contributed by atoms with Crippen molar-refractivity contribution in [2.45, 2.75) is 31.8 Å². The molecule has 2 N–H and O–H groups in total. The molecule has 2 aliphatic heterocycles. The van der Waals surface area contributed by atoms with Crippen molar-refractivity contribution in [3.8, 4) is 17.6 Å². The molecule has 4 rings (SSSR count). The first kappa shape index (κ1) is 25.9. The zero-order valence-electron chi connectivity index (χ0n) is 21.0. The van der Waals surface area contributed by atoms with Crippen LogP contribution in [0.1, 0.15) is 36.9 Å². The molecule has 2 aromatic carbocycles. The summed E-state index contributed by atoms with van der Waals surface area (Å²) in [5, 5.41) is 5.14. The number of ketones is 1. The Balaban J connectivity index is 1.37. The van der Waals surface area contributed by atoms with E-state index < -0.39 is 23.8 Å². The molecular weight excluding hydrogens is 472 g/mol. The summed E-state index contributed by atoms with van der Waals surface area (Å²) in [6.07, 6.45) is 1.13. The topological polar surface area (TPSA) is 108 Å². The van der Waals surface area contributed by atoms with Gasteiger partial charge >= 0.3 is 11.8 Å². The van der Waals surface area contributed by atoms with Gasteiger partial charge in [0.2, 0.25) is 0 Å². The molecule has 2 aliphatic rings. The van der Waals surface area contributed by atoms with Crippen LogP contribution >= 0.6 is 0 Å². The highest BCUT2D eigenvalue weighted by atomic mass is 16.5. The normalized spacial score (nSPS) is 18.4. The molecule has 0 aromatic heterocycles. The molecule has 0 spiro atoms. The van der Waals surface area contributed by atoms with Gasteiger partial charge in [-0.2, -0.15) is 0 Å². The highest BCUT2D eigenvalue weighted by molar-refractivity contribution is 6.35. The molecule has 3 amide bonds. The van der Waals surface area contributed by atoms with E-state index in [2.05, 4.69) is 27.4 Å². The van der Waals surface area contributed by atoms with Crippen LogP contribution in [0.25, 0.3) is 0 Å². The number of piperidine rings is 1. The SMILES string of the molecule is C[C@@H](NC(=O)C(=O)N[C@H]1COc2ccc(C#CCN3CCC(=O)CC3)cc2N(C)C1=O)c1ccccc1. The second kappa shape index (κ2) is 11.7. The summed E-state index contributed by atoms with van der Waals surface area (Å²) < 4.78 is 5.80. The molecule has 9 heteroatoms. The van der Waals surface area contributed by atoms with E-state index in [1.54, 1.807) is 32.2 Å². The Bertz CT molecular complexity index is 1240. The summed E-state index contributed by atoms with van der Waals surface area (Å²) in [4.78, 5) is 53.0. The van der Waals surface area contributed by atoms with Crippen LogP contribution in [0.3, 0.4) is 0 Å². The highest BCUT2D eigenvalue weighted by Gasteiger charge is 2.32. The zero-order chi connectivity index (χ0) is 26.4. The van der Waals surface area contributed by atoms with E-state index in [-0.39, 0.29) is 12.6 Å². The minimum absolute atomic E-state index is 0.109. The lowest BCUT2D eigenvalue weighted by molar-refractivity contribution is -0.141. The standard InChI is InChI=1S/C28H30N4O5/c1-19(21-8-4-3-5-9-21)29-26(34)27(35)30-23-18-37-25-11-10-20(17-24(25)31(2)28(23)36)7-6-14-32-15-12-22(33)13-16-32/h3-5,8-11,17,19,23H,12-16,18H2,1-2H3,(H,29,34)(H,30,35)/t19-,23+/m1/s1. The van der Waals surface area contributed by atoms with Gasteiger partial charge in [-0.3, -0.25) is 24.1 Å². The lowest BCUT2D eigenvalue weighted by Gasteiger charge is -2.23. The van der Waals surface area contributed by atoms with Gasteiger partial charge in [-0.15, -0.1) is 0 Å². The molecule has 9 nitrogen and oxygen atoms in total. The molecule has 0 unspecified atom stereocenters. The predicted molar refractivity (Wildman–Crippen MR) is 138 cm³/mol. The van der Waals surface area contributed by atoms with Crippen LogP contribution in [0.15, 0.2) is 48.5 Å². The highest BCUT2D eigenvalue weighted by Crippen LogP contribution is 2.31. The van der Waals surface area contributed by atoms with Crippen LogP contribution in [0.4, 0.5) is 5.69 Å².